The lowest BCUT2D eigenvalue weighted by molar-refractivity contribution is -0.384. The molecule has 0 saturated heterocycles. The molecule has 9 nitrogen and oxygen atoms in total. The number of nitro benzene ring substituents is 1. The molecule has 1 aliphatic rings. The van der Waals surface area contributed by atoms with Crippen LogP contribution >= 0.6 is 11.8 Å². The number of hydrogen-bond acceptors (Lipinski definition) is 7. The van der Waals surface area contributed by atoms with Crippen molar-refractivity contribution in [1.82, 2.24) is 9.78 Å². The van der Waals surface area contributed by atoms with Gasteiger partial charge in [0, 0.05) is 18.0 Å². The molecular weight excluding hydrogens is 449 g/mol. The molecule has 0 fully saturated rings. The van der Waals surface area contributed by atoms with Crippen molar-refractivity contribution >= 4 is 38.1 Å². The van der Waals surface area contributed by atoms with E-state index < -0.39 is 31.4 Å². The highest BCUT2D eigenvalue weighted by atomic mass is 32.3. The number of anilines is 1. The zero-order chi connectivity index (χ0) is 22.3. The maximum Gasteiger partial charge on any atom is 0.435 e. The highest BCUT2D eigenvalue weighted by molar-refractivity contribution is 8.19. The Morgan fingerprint density at radius 2 is 2.07 bits per heavy atom. The first-order valence-corrected chi connectivity index (χ1v) is 10.7. The van der Waals surface area contributed by atoms with Crippen LogP contribution in [0.25, 0.3) is 4.91 Å². The number of hydrogen-bond donors (Lipinski definition) is 1. The molecule has 0 amide bonds. The van der Waals surface area contributed by atoms with Crippen LogP contribution in [0.5, 0.6) is 5.75 Å². The largest absolute Gasteiger partial charge is 0.494 e. The molecule has 1 aromatic heterocycles. The van der Waals surface area contributed by atoms with Crippen molar-refractivity contribution in [2.24, 2.45) is 7.05 Å². The topological polar surface area (TPSA) is 116 Å². The Morgan fingerprint density at radius 3 is 2.63 bits per heavy atom. The van der Waals surface area contributed by atoms with Crippen LogP contribution in [0.3, 0.4) is 0 Å². The first kappa shape index (κ1) is 22.0. The standard InChI is InChI=1S/C16H15F3N4O5S2/c1-22-11(8-14(20-22)16(17,18)19)13-5-6-15(29-13)30(26,27)21-10-4-3-9(23(24)25)7-12(10)28-2/h3-5,7-8,15,21H,6H2,1-2H3. The summed E-state index contributed by atoms with van der Waals surface area (Å²) in [6.07, 6.45) is -3.03. The van der Waals surface area contributed by atoms with E-state index in [1.165, 1.54) is 26.3 Å². The van der Waals surface area contributed by atoms with Gasteiger partial charge in [0.15, 0.2) is 5.69 Å². The van der Waals surface area contributed by atoms with Crippen molar-refractivity contribution in [1.29, 1.82) is 0 Å². The second kappa shape index (κ2) is 7.83. The number of sulfonamides is 1. The summed E-state index contributed by atoms with van der Waals surface area (Å²) in [6, 6.07) is 4.28. The van der Waals surface area contributed by atoms with Crippen LogP contribution in [-0.2, 0) is 23.2 Å². The Morgan fingerprint density at radius 1 is 1.37 bits per heavy atom. The summed E-state index contributed by atoms with van der Waals surface area (Å²) in [5, 5.41) is 14.3. The fraction of sp³-hybridized carbons (Fsp3) is 0.312. The van der Waals surface area contributed by atoms with Gasteiger partial charge in [0.1, 0.15) is 10.3 Å². The molecule has 0 aliphatic carbocycles. The molecule has 1 unspecified atom stereocenters. The molecule has 0 bridgehead atoms. The average molecular weight is 464 g/mol. The van der Waals surface area contributed by atoms with Gasteiger partial charge in [-0.3, -0.25) is 19.5 Å². The van der Waals surface area contributed by atoms with E-state index in [1.54, 1.807) is 0 Å². The number of alkyl halides is 3. The number of methoxy groups -OCH3 is 1. The second-order valence-corrected chi connectivity index (χ2v) is 9.58. The zero-order valence-electron chi connectivity index (χ0n) is 15.5. The summed E-state index contributed by atoms with van der Waals surface area (Å²) in [5.41, 5.74) is -1.18. The van der Waals surface area contributed by atoms with Crippen LogP contribution in [0.15, 0.2) is 30.3 Å². The molecule has 1 atom stereocenters. The van der Waals surface area contributed by atoms with Gasteiger partial charge in [0.25, 0.3) is 5.69 Å². The van der Waals surface area contributed by atoms with Gasteiger partial charge in [-0.15, -0.1) is 11.8 Å². The van der Waals surface area contributed by atoms with Crippen molar-refractivity contribution in [3.05, 3.63) is 51.8 Å². The van der Waals surface area contributed by atoms with Crippen LogP contribution in [0.1, 0.15) is 17.8 Å². The van der Waals surface area contributed by atoms with E-state index in [0.29, 0.717) is 4.91 Å². The number of nitrogens with zero attached hydrogens (tertiary/aromatic N) is 3. The van der Waals surface area contributed by atoms with Gasteiger partial charge in [-0.05, 0) is 18.6 Å². The number of benzene rings is 1. The summed E-state index contributed by atoms with van der Waals surface area (Å²) in [7, 11) is -1.42. The van der Waals surface area contributed by atoms with Crippen LogP contribution in [0.4, 0.5) is 24.5 Å². The van der Waals surface area contributed by atoms with Crippen molar-refractivity contribution in [3.63, 3.8) is 0 Å². The molecule has 2 aromatic rings. The summed E-state index contributed by atoms with van der Waals surface area (Å²) >= 11 is 0.883. The lowest BCUT2D eigenvalue weighted by Crippen LogP contribution is -2.23. The predicted octanol–water partition coefficient (Wildman–Crippen LogP) is 3.60. The second-order valence-electron chi connectivity index (χ2n) is 6.18. The Bertz CT molecular complexity index is 1130. The number of nitrogens with one attached hydrogen (secondary N) is 1. The van der Waals surface area contributed by atoms with E-state index in [2.05, 4.69) is 9.82 Å². The quantitative estimate of drug-likeness (QED) is 0.513. The van der Waals surface area contributed by atoms with Crippen LogP contribution in [0, 0.1) is 10.1 Å². The van der Waals surface area contributed by atoms with Crippen molar-refractivity contribution in [2.75, 3.05) is 11.8 Å². The van der Waals surface area contributed by atoms with E-state index in [1.807, 2.05) is 0 Å². The third kappa shape index (κ3) is 4.38. The maximum absolute atomic E-state index is 12.9. The minimum absolute atomic E-state index is 0.0111. The molecule has 162 valence electrons. The lowest BCUT2D eigenvalue weighted by Gasteiger charge is -2.15. The van der Waals surface area contributed by atoms with E-state index in [4.69, 9.17) is 4.74 Å². The van der Waals surface area contributed by atoms with Crippen LogP contribution in [-0.4, -0.2) is 34.8 Å². The fourth-order valence-corrected chi connectivity index (χ4v) is 5.63. The summed E-state index contributed by atoms with van der Waals surface area (Å²) < 4.78 is 71.5. The Hall–Kier alpha value is -2.74. The maximum atomic E-state index is 12.9. The number of rotatable bonds is 6. The molecule has 30 heavy (non-hydrogen) atoms. The Labute approximate surface area is 173 Å². The smallest absolute Gasteiger partial charge is 0.435 e. The monoisotopic (exact) mass is 464 g/mol. The minimum atomic E-state index is -4.61. The minimum Gasteiger partial charge on any atom is -0.494 e. The van der Waals surface area contributed by atoms with Gasteiger partial charge in [-0.25, -0.2) is 8.42 Å². The van der Waals surface area contributed by atoms with Crippen LogP contribution < -0.4 is 9.46 Å². The van der Waals surface area contributed by atoms with Gasteiger partial charge in [0.2, 0.25) is 10.0 Å². The Balaban J connectivity index is 1.79. The molecule has 0 spiro atoms. The number of allylic oxidation sites excluding steroid dienone is 1. The summed E-state index contributed by atoms with van der Waals surface area (Å²) in [6.45, 7) is 0. The van der Waals surface area contributed by atoms with E-state index >= 15 is 0 Å². The molecule has 2 heterocycles. The number of aromatic nitrogens is 2. The first-order chi connectivity index (χ1) is 13.9. The highest BCUT2D eigenvalue weighted by Crippen LogP contribution is 2.43. The normalized spacial score (nSPS) is 17.0. The van der Waals surface area contributed by atoms with E-state index in [0.717, 1.165) is 34.6 Å². The SMILES string of the molecule is COc1cc([N+](=O)[O-])ccc1NS(=O)(=O)C1CC=C(c2cc(C(F)(F)F)nn2C)S1. The first-order valence-electron chi connectivity index (χ1n) is 8.25. The Kier molecular flexibility index (Phi) is 5.73. The van der Waals surface area contributed by atoms with Gasteiger partial charge >= 0.3 is 6.18 Å². The number of ether oxygens (including phenoxy) is 1. The zero-order valence-corrected chi connectivity index (χ0v) is 17.1. The summed E-state index contributed by atoms with van der Waals surface area (Å²) in [4.78, 5) is 10.6. The molecular formula is C16H15F3N4O5S2. The number of nitro groups is 1. The average Bonchev–Trinajstić information content (AvgIpc) is 3.28. The van der Waals surface area contributed by atoms with Crippen molar-refractivity contribution in [3.8, 4) is 5.75 Å². The van der Waals surface area contributed by atoms with Gasteiger partial charge in [-0.2, -0.15) is 18.3 Å². The van der Waals surface area contributed by atoms with Gasteiger partial charge in [-0.1, -0.05) is 6.08 Å². The van der Waals surface area contributed by atoms with Crippen molar-refractivity contribution in [2.45, 2.75) is 17.2 Å². The molecule has 0 saturated carbocycles. The van der Waals surface area contributed by atoms with Gasteiger partial charge < -0.3 is 4.74 Å². The molecule has 3 rings (SSSR count). The third-order valence-corrected chi connectivity index (χ3v) is 7.69. The predicted molar refractivity (Wildman–Crippen MR) is 104 cm³/mol. The van der Waals surface area contributed by atoms with E-state index in [9.17, 15) is 31.7 Å². The fourth-order valence-electron chi connectivity index (χ4n) is 2.73. The number of aryl methyl sites for hydroxylation is 1. The van der Waals surface area contributed by atoms with Gasteiger partial charge in [0.05, 0.1) is 29.5 Å². The van der Waals surface area contributed by atoms with Crippen molar-refractivity contribution < 1.29 is 31.2 Å². The number of thioether (sulfide) groups is 1. The highest BCUT2D eigenvalue weighted by Gasteiger charge is 2.37. The molecule has 1 N–H and O–H groups in total. The van der Waals surface area contributed by atoms with E-state index in [-0.39, 0.29) is 29.2 Å². The number of halogens is 3. The molecule has 1 aliphatic heterocycles. The molecule has 1 aromatic carbocycles. The third-order valence-electron chi connectivity index (χ3n) is 4.17. The lowest BCUT2D eigenvalue weighted by atomic mass is 10.2. The molecule has 0 radical (unpaired) electrons. The van der Waals surface area contributed by atoms with Crippen LogP contribution in [0.2, 0.25) is 0 Å². The molecule has 14 heteroatoms. The number of non-ortho nitro benzene ring substituents is 1. The summed E-state index contributed by atoms with van der Waals surface area (Å²) in [5.74, 6) is -0.0367.